The molecule has 0 saturated carbocycles. The first-order chi connectivity index (χ1) is 7.85. The Kier molecular flexibility index (Phi) is 4.07. The van der Waals surface area contributed by atoms with Crippen molar-refractivity contribution in [1.29, 1.82) is 0 Å². The van der Waals surface area contributed by atoms with Crippen LogP contribution in [0, 0.1) is 17.0 Å². The molecule has 0 spiro atoms. The Balaban J connectivity index is 2.80. The Bertz CT molecular complexity index is 416. The van der Waals surface area contributed by atoms with Crippen LogP contribution in [0.15, 0.2) is 18.2 Å². The minimum Gasteiger partial charge on any atom is -0.388 e. The van der Waals surface area contributed by atoms with Gasteiger partial charge >= 0.3 is 0 Å². The fraction of sp³-hybridized carbons (Fsp3) is 0.500. The summed E-state index contributed by atoms with van der Waals surface area (Å²) in [6, 6.07) is 4.95. The van der Waals surface area contributed by atoms with Gasteiger partial charge in [0.1, 0.15) is 0 Å². The molecular formula is C12H18N2O3. The van der Waals surface area contributed by atoms with Crippen molar-refractivity contribution in [3.63, 3.8) is 0 Å². The summed E-state index contributed by atoms with van der Waals surface area (Å²) in [4.78, 5) is 10.4. The molecule has 0 aromatic heterocycles. The molecule has 2 N–H and O–H groups in total. The van der Waals surface area contributed by atoms with Crippen molar-refractivity contribution >= 4 is 11.4 Å². The van der Waals surface area contributed by atoms with Crippen LogP contribution in [0.2, 0.25) is 0 Å². The Morgan fingerprint density at radius 3 is 2.71 bits per heavy atom. The van der Waals surface area contributed by atoms with E-state index in [1.54, 1.807) is 26.0 Å². The van der Waals surface area contributed by atoms with Gasteiger partial charge in [-0.05, 0) is 26.3 Å². The maximum absolute atomic E-state index is 10.8. The zero-order chi connectivity index (χ0) is 13.1. The van der Waals surface area contributed by atoms with Crippen LogP contribution in [0.1, 0.15) is 25.8 Å². The number of anilines is 1. The van der Waals surface area contributed by atoms with Gasteiger partial charge in [-0.3, -0.25) is 10.1 Å². The third-order valence-electron chi connectivity index (χ3n) is 2.84. The molecule has 0 amide bonds. The molecule has 1 aromatic carbocycles. The summed E-state index contributed by atoms with van der Waals surface area (Å²) in [6.07, 6.45) is 0.619. The van der Waals surface area contributed by atoms with E-state index in [4.69, 9.17) is 0 Å². The normalized spacial score (nSPS) is 14.1. The first-order valence-electron chi connectivity index (χ1n) is 5.57. The molecule has 0 aliphatic heterocycles. The second-order valence-corrected chi connectivity index (χ2v) is 4.46. The summed E-state index contributed by atoms with van der Waals surface area (Å²) in [6.45, 7) is 5.68. The molecule has 0 fully saturated rings. The van der Waals surface area contributed by atoms with Gasteiger partial charge < -0.3 is 10.4 Å². The van der Waals surface area contributed by atoms with E-state index in [1.807, 2.05) is 6.92 Å². The fourth-order valence-corrected chi connectivity index (χ4v) is 1.33. The first-order valence-corrected chi connectivity index (χ1v) is 5.57. The van der Waals surface area contributed by atoms with Crippen molar-refractivity contribution in [2.75, 3.05) is 11.9 Å². The van der Waals surface area contributed by atoms with Gasteiger partial charge in [0.15, 0.2) is 0 Å². The Hall–Kier alpha value is -1.62. The van der Waals surface area contributed by atoms with Gasteiger partial charge in [0.05, 0.1) is 10.5 Å². The second-order valence-electron chi connectivity index (χ2n) is 4.46. The minimum atomic E-state index is -0.806. The van der Waals surface area contributed by atoms with Crippen LogP contribution >= 0.6 is 0 Å². The van der Waals surface area contributed by atoms with E-state index >= 15 is 0 Å². The van der Waals surface area contributed by atoms with Crippen LogP contribution in [0.5, 0.6) is 0 Å². The molecule has 0 saturated heterocycles. The summed E-state index contributed by atoms with van der Waals surface area (Å²) in [5.74, 6) is 0. The number of hydrogen-bond donors (Lipinski definition) is 2. The highest BCUT2D eigenvalue weighted by atomic mass is 16.6. The lowest BCUT2D eigenvalue weighted by atomic mass is 10.0. The van der Waals surface area contributed by atoms with Crippen molar-refractivity contribution in [3.8, 4) is 0 Å². The number of aliphatic hydroxyl groups is 1. The van der Waals surface area contributed by atoms with Crippen LogP contribution in [-0.4, -0.2) is 22.2 Å². The van der Waals surface area contributed by atoms with Gasteiger partial charge in [-0.25, -0.2) is 0 Å². The summed E-state index contributed by atoms with van der Waals surface area (Å²) < 4.78 is 0. The molecule has 1 aromatic rings. The van der Waals surface area contributed by atoms with E-state index in [2.05, 4.69) is 5.32 Å². The van der Waals surface area contributed by atoms with E-state index in [0.717, 1.165) is 0 Å². The van der Waals surface area contributed by atoms with Crippen molar-refractivity contribution in [3.05, 3.63) is 33.9 Å². The zero-order valence-electron chi connectivity index (χ0n) is 10.4. The van der Waals surface area contributed by atoms with Crippen LogP contribution < -0.4 is 5.32 Å². The quantitative estimate of drug-likeness (QED) is 0.610. The highest BCUT2D eigenvalue weighted by Gasteiger charge is 2.17. The summed E-state index contributed by atoms with van der Waals surface area (Å²) >= 11 is 0. The Labute approximate surface area is 101 Å². The smallest absolute Gasteiger partial charge is 0.274 e. The van der Waals surface area contributed by atoms with Crippen molar-refractivity contribution in [1.82, 2.24) is 0 Å². The lowest BCUT2D eigenvalue weighted by molar-refractivity contribution is -0.385. The molecule has 5 heteroatoms. The number of nitro groups is 1. The highest BCUT2D eigenvalue weighted by Crippen LogP contribution is 2.22. The molecule has 1 unspecified atom stereocenters. The van der Waals surface area contributed by atoms with E-state index in [1.165, 1.54) is 6.07 Å². The van der Waals surface area contributed by atoms with Crippen LogP contribution in [0.3, 0.4) is 0 Å². The number of nitrogens with zero attached hydrogens (tertiary/aromatic N) is 1. The first kappa shape index (κ1) is 13.4. The predicted octanol–water partition coefficient (Wildman–Crippen LogP) is 2.48. The summed E-state index contributed by atoms with van der Waals surface area (Å²) in [7, 11) is 0. The van der Waals surface area contributed by atoms with Crippen molar-refractivity contribution in [2.24, 2.45) is 0 Å². The number of hydrogen-bond acceptors (Lipinski definition) is 4. The number of aryl methyl sites for hydroxylation is 1. The summed E-state index contributed by atoms with van der Waals surface area (Å²) in [5.41, 5.74) is 0.560. The summed E-state index contributed by atoms with van der Waals surface area (Å²) in [5, 5.41) is 23.6. The lowest BCUT2D eigenvalue weighted by Gasteiger charge is -2.22. The molecule has 1 rings (SSSR count). The number of nitro benzene ring substituents is 1. The molecule has 0 heterocycles. The fourth-order valence-electron chi connectivity index (χ4n) is 1.33. The maximum Gasteiger partial charge on any atom is 0.274 e. The van der Waals surface area contributed by atoms with Crippen LogP contribution in [0.4, 0.5) is 11.4 Å². The third kappa shape index (κ3) is 3.71. The van der Waals surface area contributed by atoms with Gasteiger partial charge in [-0.2, -0.15) is 0 Å². The average Bonchev–Trinajstić information content (AvgIpc) is 2.27. The zero-order valence-corrected chi connectivity index (χ0v) is 10.4. The molecule has 17 heavy (non-hydrogen) atoms. The SMILES string of the molecule is CCC(C)(O)CNc1ccc(C)c([N+](=O)[O-])c1. The van der Waals surface area contributed by atoms with Crippen molar-refractivity contribution in [2.45, 2.75) is 32.8 Å². The average molecular weight is 238 g/mol. The van der Waals surface area contributed by atoms with Gasteiger partial charge in [0.2, 0.25) is 0 Å². The van der Waals surface area contributed by atoms with Gasteiger partial charge in [0, 0.05) is 23.9 Å². The monoisotopic (exact) mass is 238 g/mol. The molecular weight excluding hydrogens is 220 g/mol. The predicted molar refractivity (Wildman–Crippen MR) is 67.2 cm³/mol. The number of benzene rings is 1. The van der Waals surface area contributed by atoms with Gasteiger partial charge in [-0.15, -0.1) is 0 Å². The van der Waals surface area contributed by atoms with Gasteiger partial charge in [-0.1, -0.05) is 13.0 Å². The molecule has 1 atom stereocenters. The van der Waals surface area contributed by atoms with Crippen LogP contribution in [0.25, 0.3) is 0 Å². The van der Waals surface area contributed by atoms with E-state index in [0.29, 0.717) is 24.2 Å². The van der Waals surface area contributed by atoms with Crippen LogP contribution in [-0.2, 0) is 0 Å². The highest BCUT2D eigenvalue weighted by molar-refractivity contribution is 5.54. The molecule has 0 aliphatic carbocycles. The third-order valence-corrected chi connectivity index (χ3v) is 2.84. The standard InChI is InChI=1S/C12H18N2O3/c1-4-12(3,15)8-13-10-6-5-9(2)11(7-10)14(16)17/h5-7,13,15H,4,8H2,1-3H3. The molecule has 0 radical (unpaired) electrons. The molecule has 5 nitrogen and oxygen atoms in total. The van der Waals surface area contributed by atoms with Crippen molar-refractivity contribution < 1.29 is 10.0 Å². The second kappa shape index (κ2) is 5.14. The van der Waals surface area contributed by atoms with E-state index < -0.39 is 10.5 Å². The van der Waals surface area contributed by atoms with Gasteiger partial charge in [0.25, 0.3) is 5.69 Å². The maximum atomic E-state index is 10.8. The Morgan fingerprint density at radius 2 is 2.18 bits per heavy atom. The topological polar surface area (TPSA) is 75.4 Å². The minimum absolute atomic E-state index is 0.0890. The van der Waals surface area contributed by atoms with E-state index in [-0.39, 0.29) is 5.69 Å². The molecule has 0 aliphatic rings. The molecule has 0 bridgehead atoms. The number of nitrogens with one attached hydrogen (secondary N) is 1. The lowest BCUT2D eigenvalue weighted by Crippen LogP contribution is -2.32. The Morgan fingerprint density at radius 1 is 1.53 bits per heavy atom. The molecule has 94 valence electrons. The number of rotatable bonds is 5. The largest absolute Gasteiger partial charge is 0.388 e. The van der Waals surface area contributed by atoms with E-state index in [9.17, 15) is 15.2 Å².